The summed E-state index contributed by atoms with van der Waals surface area (Å²) >= 11 is 6.76. The Hall–Kier alpha value is -2.27. The minimum Gasteiger partial charge on any atom is -0.397 e. The lowest BCUT2D eigenvalue weighted by Crippen LogP contribution is -2.63. The monoisotopic (exact) mass is 411 g/mol. The molecule has 2 heterocycles. The molecular formula is C15H10ClN3O5S2. The standard InChI is InChI=1S/C15H10ClN3O5S2/c16-8-5-6-12-11(7-8)25-15(19-26(12,22)23)18-13(20)9-3-1-2-4-10(9)17-14(21)24-15/h1-7,19H,(H,17,21)(H,18,20). The molecule has 134 valence electrons. The lowest BCUT2D eigenvalue weighted by atomic mass is 10.1. The quantitative estimate of drug-likeness (QED) is 0.613. The van der Waals surface area contributed by atoms with Crippen molar-refractivity contribution in [1.29, 1.82) is 0 Å². The summed E-state index contributed by atoms with van der Waals surface area (Å²) in [6, 6.07) is 10.5. The summed E-state index contributed by atoms with van der Waals surface area (Å²) in [5.41, 5.74) is 0.414. The van der Waals surface area contributed by atoms with E-state index < -0.39 is 27.2 Å². The van der Waals surface area contributed by atoms with E-state index in [9.17, 15) is 18.0 Å². The van der Waals surface area contributed by atoms with E-state index in [1.807, 2.05) is 0 Å². The molecule has 1 unspecified atom stereocenters. The maximum atomic E-state index is 12.6. The van der Waals surface area contributed by atoms with Gasteiger partial charge in [0.25, 0.3) is 5.91 Å². The van der Waals surface area contributed by atoms with Gasteiger partial charge >= 0.3 is 11.3 Å². The molecule has 2 aromatic carbocycles. The molecule has 0 aromatic heterocycles. The molecule has 4 rings (SSSR count). The van der Waals surface area contributed by atoms with Crippen LogP contribution < -0.4 is 15.4 Å². The number of thioether (sulfide) groups is 1. The van der Waals surface area contributed by atoms with Gasteiger partial charge in [0.1, 0.15) is 0 Å². The van der Waals surface area contributed by atoms with Gasteiger partial charge in [-0.05, 0) is 42.1 Å². The first-order valence-corrected chi connectivity index (χ1v) is 9.90. The van der Waals surface area contributed by atoms with Gasteiger partial charge in [0, 0.05) is 9.92 Å². The van der Waals surface area contributed by atoms with E-state index in [4.69, 9.17) is 16.3 Å². The molecule has 2 aromatic rings. The molecule has 11 heteroatoms. The van der Waals surface area contributed by atoms with Crippen molar-refractivity contribution in [2.75, 3.05) is 5.32 Å². The zero-order chi connectivity index (χ0) is 18.5. The molecule has 0 radical (unpaired) electrons. The normalized spacial score (nSPS) is 23.6. The highest BCUT2D eigenvalue weighted by molar-refractivity contribution is 8.03. The van der Waals surface area contributed by atoms with Gasteiger partial charge in [-0.2, -0.15) is 0 Å². The van der Waals surface area contributed by atoms with Crippen molar-refractivity contribution in [3.05, 3.63) is 53.1 Å². The average molecular weight is 412 g/mol. The van der Waals surface area contributed by atoms with Crippen LogP contribution in [-0.2, 0) is 14.8 Å². The number of benzene rings is 2. The van der Waals surface area contributed by atoms with Crippen LogP contribution in [0.25, 0.3) is 0 Å². The number of sulfonamides is 1. The second kappa shape index (κ2) is 5.88. The Morgan fingerprint density at radius 3 is 2.69 bits per heavy atom. The lowest BCUT2D eigenvalue weighted by Gasteiger charge is -2.38. The maximum Gasteiger partial charge on any atom is 0.415 e. The van der Waals surface area contributed by atoms with Crippen LogP contribution >= 0.6 is 23.4 Å². The molecule has 2 amide bonds. The van der Waals surface area contributed by atoms with E-state index in [0.717, 1.165) is 11.8 Å². The molecule has 3 N–H and O–H groups in total. The number of para-hydroxylation sites is 1. The van der Waals surface area contributed by atoms with E-state index in [-0.39, 0.29) is 21.0 Å². The number of hydrogen-bond donors (Lipinski definition) is 3. The van der Waals surface area contributed by atoms with Gasteiger partial charge in [-0.3, -0.25) is 15.4 Å². The van der Waals surface area contributed by atoms with E-state index >= 15 is 0 Å². The number of rotatable bonds is 0. The first-order chi connectivity index (χ1) is 12.3. The van der Waals surface area contributed by atoms with Crippen molar-refractivity contribution in [2.45, 2.75) is 15.0 Å². The van der Waals surface area contributed by atoms with Gasteiger partial charge in [0.05, 0.1) is 16.1 Å². The zero-order valence-electron chi connectivity index (χ0n) is 12.8. The molecule has 0 saturated carbocycles. The number of carbonyl (C=O) groups excluding carboxylic acids is 2. The van der Waals surface area contributed by atoms with E-state index in [2.05, 4.69) is 15.4 Å². The number of amides is 2. The van der Waals surface area contributed by atoms with Crippen molar-refractivity contribution < 1.29 is 22.7 Å². The fraction of sp³-hybridized carbons (Fsp3) is 0.0667. The minimum absolute atomic E-state index is 0.0294. The van der Waals surface area contributed by atoms with Crippen LogP contribution in [0.5, 0.6) is 0 Å². The summed E-state index contributed by atoms with van der Waals surface area (Å²) in [5, 5.41) is 3.13. The molecule has 8 nitrogen and oxygen atoms in total. The summed E-state index contributed by atoms with van der Waals surface area (Å²) < 4.78 is 32.6. The average Bonchev–Trinajstić information content (AvgIpc) is 2.52. The Morgan fingerprint density at radius 1 is 1.12 bits per heavy atom. The number of nitrogens with one attached hydrogen (secondary N) is 3. The third-order valence-corrected chi connectivity index (χ3v) is 6.76. The van der Waals surface area contributed by atoms with Gasteiger partial charge in [-0.1, -0.05) is 23.7 Å². The number of hydrogen-bond acceptors (Lipinski definition) is 6. The Bertz CT molecular complexity index is 1060. The molecular weight excluding hydrogens is 402 g/mol. The van der Waals surface area contributed by atoms with Gasteiger partial charge in [-0.25, -0.2) is 13.2 Å². The lowest BCUT2D eigenvalue weighted by molar-refractivity contribution is 0.0465. The molecule has 26 heavy (non-hydrogen) atoms. The number of fused-ring (bicyclic) bond motifs is 2. The topological polar surface area (TPSA) is 114 Å². The van der Waals surface area contributed by atoms with Crippen LogP contribution in [0.3, 0.4) is 0 Å². The summed E-state index contributed by atoms with van der Waals surface area (Å²) in [5.74, 6) is -0.624. The molecule has 0 bridgehead atoms. The zero-order valence-corrected chi connectivity index (χ0v) is 15.2. The highest BCUT2D eigenvalue weighted by Crippen LogP contribution is 2.42. The van der Waals surface area contributed by atoms with Crippen LogP contribution in [0.1, 0.15) is 10.4 Å². The van der Waals surface area contributed by atoms with Crippen LogP contribution in [0.15, 0.2) is 52.3 Å². The predicted octanol–water partition coefficient (Wildman–Crippen LogP) is 2.33. The largest absolute Gasteiger partial charge is 0.415 e. The van der Waals surface area contributed by atoms with Crippen molar-refractivity contribution in [3.63, 3.8) is 0 Å². The Balaban J connectivity index is 1.82. The van der Waals surface area contributed by atoms with Crippen molar-refractivity contribution >= 4 is 51.1 Å². The fourth-order valence-corrected chi connectivity index (χ4v) is 5.82. The molecule has 1 atom stereocenters. The number of anilines is 1. The number of carbonyl (C=O) groups is 2. The van der Waals surface area contributed by atoms with E-state index in [1.54, 1.807) is 12.1 Å². The van der Waals surface area contributed by atoms with Crippen LogP contribution in [0.2, 0.25) is 5.02 Å². The summed E-state index contributed by atoms with van der Waals surface area (Å²) in [6.07, 6.45) is -0.932. The number of halogens is 1. The van der Waals surface area contributed by atoms with Gasteiger partial charge in [-0.15, -0.1) is 4.72 Å². The minimum atomic E-state index is -4.07. The summed E-state index contributed by atoms with van der Waals surface area (Å²) in [7, 11) is -4.07. The van der Waals surface area contributed by atoms with Gasteiger partial charge < -0.3 is 4.74 Å². The van der Waals surface area contributed by atoms with Crippen LogP contribution in [0, 0.1) is 0 Å². The predicted molar refractivity (Wildman–Crippen MR) is 94.4 cm³/mol. The van der Waals surface area contributed by atoms with Crippen LogP contribution in [0.4, 0.5) is 10.5 Å². The van der Waals surface area contributed by atoms with Crippen molar-refractivity contribution in [1.82, 2.24) is 10.0 Å². The molecule has 0 saturated heterocycles. The van der Waals surface area contributed by atoms with Gasteiger partial charge in [0.2, 0.25) is 10.0 Å². The van der Waals surface area contributed by atoms with E-state index in [1.165, 1.54) is 30.3 Å². The second-order valence-corrected chi connectivity index (χ2v) is 8.74. The highest BCUT2D eigenvalue weighted by atomic mass is 35.5. The Labute approximate surface area is 157 Å². The Morgan fingerprint density at radius 2 is 1.88 bits per heavy atom. The van der Waals surface area contributed by atoms with E-state index in [0.29, 0.717) is 5.02 Å². The second-order valence-electron chi connectivity index (χ2n) is 5.43. The summed E-state index contributed by atoms with van der Waals surface area (Å²) in [6.45, 7) is 0. The SMILES string of the molecule is O=C1Nc2ccccc2C(=O)NC2(NS(=O)(=O)c3ccc(Cl)cc3S2)O1. The van der Waals surface area contributed by atoms with Gasteiger partial charge in [0.15, 0.2) is 0 Å². The molecule has 2 aliphatic rings. The highest BCUT2D eigenvalue weighted by Gasteiger charge is 2.48. The van der Waals surface area contributed by atoms with Crippen molar-refractivity contribution in [3.8, 4) is 0 Å². The van der Waals surface area contributed by atoms with Crippen molar-refractivity contribution in [2.24, 2.45) is 0 Å². The smallest absolute Gasteiger partial charge is 0.397 e. The third kappa shape index (κ3) is 2.90. The molecule has 1 spiro atoms. The molecule has 2 aliphatic heterocycles. The molecule has 0 aliphatic carbocycles. The Kier molecular flexibility index (Phi) is 3.88. The number of ether oxygens (including phenoxy) is 1. The molecule has 0 fully saturated rings. The first kappa shape index (κ1) is 17.2. The fourth-order valence-electron chi connectivity index (χ4n) is 2.58. The maximum absolute atomic E-state index is 12.6. The third-order valence-electron chi connectivity index (χ3n) is 3.64. The van der Waals surface area contributed by atoms with Crippen LogP contribution in [-0.4, -0.2) is 25.6 Å². The first-order valence-electron chi connectivity index (χ1n) is 7.22. The summed E-state index contributed by atoms with van der Waals surface area (Å²) in [4.78, 5) is 25.0.